The van der Waals surface area contributed by atoms with Gasteiger partial charge in [-0.2, -0.15) is 0 Å². The maximum absolute atomic E-state index is 14.5. The summed E-state index contributed by atoms with van der Waals surface area (Å²) in [5.74, 6) is -0.417. The summed E-state index contributed by atoms with van der Waals surface area (Å²) in [6.45, 7) is 0. The molecule has 24 heavy (non-hydrogen) atoms. The van der Waals surface area contributed by atoms with Crippen molar-refractivity contribution in [2.45, 2.75) is 31.2 Å². The molecule has 0 atom stereocenters. The SMILES string of the molecule is O=C1Nc2ccc(Br)cc2C(c2ccccc2F)=NC12CCCC2. The van der Waals surface area contributed by atoms with Crippen LogP contribution in [0.25, 0.3) is 0 Å². The molecule has 0 bridgehead atoms. The van der Waals surface area contributed by atoms with Crippen molar-refractivity contribution in [3.05, 3.63) is 63.9 Å². The Kier molecular flexibility index (Phi) is 3.76. The first-order valence-corrected chi connectivity index (χ1v) is 8.84. The standard InChI is InChI=1S/C19H16BrFN2O/c20-12-7-8-16-14(11-12)17(13-5-1-2-6-15(13)21)23-19(18(24)22-16)9-3-4-10-19/h1-2,5-8,11H,3-4,9-10H2,(H,22,24). The van der Waals surface area contributed by atoms with Crippen LogP contribution in [-0.4, -0.2) is 17.2 Å². The van der Waals surface area contributed by atoms with Gasteiger partial charge in [-0.05, 0) is 43.2 Å². The number of hydrogen-bond donors (Lipinski definition) is 1. The predicted octanol–water partition coefficient (Wildman–Crippen LogP) is 4.69. The summed E-state index contributed by atoms with van der Waals surface area (Å²) >= 11 is 3.46. The second kappa shape index (κ2) is 5.81. The second-order valence-corrected chi connectivity index (χ2v) is 7.24. The zero-order valence-electron chi connectivity index (χ0n) is 13.0. The number of rotatable bonds is 1. The van der Waals surface area contributed by atoms with Crippen LogP contribution in [0.5, 0.6) is 0 Å². The molecule has 2 aliphatic rings. The zero-order valence-corrected chi connectivity index (χ0v) is 14.6. The lowest BCUT2D eigenvalue weighted by molar-refractivity contribution is -0.120. The van der Waals surface area contributed by atoms with Crippen LogP contribution in [0.15, 0.2) is 51.9 Å². The quantitative estimate of drug-likeness (QED) is 0.758. The van der Waals surface area contributed by atoms with E-state index in [2.05, 4.69) is 21.2 Å². The summed E-state index contributed by atoms with van der Waals surface area (Å²) in [4.78, 5) is 17.7. The lowest BCUT2D eigenvalue weighted by Crippen LogP contribution is -2.38. The number of aliphatic imine (C=N–C) groups is 1. The highest BCUT2D eigenvalue weighted by atomic mass is 79.9. The monoisotopic (exact) mass is 386 g/mol. The molecule has 1 aliphatic heterocycles. The molecular weight excluding hydrogens is 371 g/mol. The normalized spacial score (nSPS) is 18.8. The molecule has 0 aromatic heterocycles. The molecule has 2 aromatic carbocycles. The molecule has 1 fully saturated rings. The van der Waals surface area contributed by atoms with E-state index >= 15 is 0 Å². The molecule has 1 saturated carbocycles. The fourth-order valence-corrected chi connectivity index (χ4v) is 3.90. The van der Waals surface area contributed by atoms with Crippen molar-refractivity contribution in [2.75, 3.05) is 5.32 Å². The molecule has 122 valence electrons. The first-order valence-electron chi connectivity index (χ1n) is 8.05. The van der Waals surface area contributed by atoms with Crippen molar-refractivity contribution in [2.24, 2.45) is 4.99 Å². The maximum atomic E-state index is 14.5. The third-order valence-corrected chi connectivity index (χ3v) is 5.29. The minimum Gasteiger partial charge on any atom is -0.323 e. The summed E-state index contributed by atoms with van der Waals surface area (Å²) in [6, 6.07) is 12.2. The van der Waals surface area contributed by atoms with Crippen molar-refractivity contribution in [3.63, 3.8) is 0 Å². The first kappa shape index (κ1) is 15.5. The Morgan fingerprint density at radius 1 is 1.08 bits per heavy atom. The summed E-state index contributed by atoms with van der Waals surface area (Å²) < 4.78 is 15.3. The van der Waals surface area contributed by atoms with Crippen molar-refractivity contribution >= 4 is 33.2 Å². The molecule has 5 heteroatoms. The largest absolute Gasteiger partial charge is 0.323 e. The molecule has 3 nitrogen and oxygen atoms in total. The smallest absolute Gasteiger partial charge is 0.252 e. The minimum atomic E-state index is -0.789. The number of carbonyl (C=O) groups excluding carboxylic acids is 1. The number of nitrogens with one attached hydrogen (secondary N) is 1. The van der Waals surface area contributed by atoms with Crippen molar-refractivity contribution < 1.29 is 9.18 Å². The van der Waals surface area contributed by atoms with Crippen LogP contribution in [-0.2, 0) is 4.79 Å². The van der Waals surface area contributed by atoms with E-state index in [1.807, 2.05) is 18.2 Å². The topological polar surface area (TPSA) is 41.5 Å². The van der Waals surface area contributed by atoms with E-state index in [1.54, 1.807) is 18.2 Å². The van der Waals surface area contributed by atoms with E-state index in [9.17, 15) is 9.18 Å². The molecule has 0 radical (unpaired) electrons. The molecule has 0 saturated heterocycles. The number of anilines is 1. The van der Waals surface area contributed by atoms with Gasteiger partial charge in [-0.25, -0.2) is 4.39 Å². The molecule has 1 N–H and O–H groups in total. The second-order valence-electron chi connectivity index (χ2n) is 6.32. The van der Waals surface area contributed by atoms with Gasteiger partial charge in [0.05, 0.1) is 11.4 Å². The van der Waals surface area contributed by atoms with Crippen LogP contribution >= 0.6 is 15.9 Å². The minimum absolute atomic E-state index is 0.0880. The number of halogens is 2. The summed E-state index contributed by atoms with van der Waals surface area (Å²) in [7, 11) is 0. The highest BCUT2D eigenvalue weighted by molar-refractivity contribution is 9.10. The average Bonchev–Trinajstić information content (AvgIpc) is 3.01. The molecule has 1 heterocycles. The fourth-order valence-electron chi connectivity index (χ4n) is 3.54. The van der Waals surface area contributed by atoms with E-state index in [1.165, 1.54) is 6.07 Å². The average molecular weight is 387 g/mol. The fraction of sp³-hybridized carbons (Fsp3) is 0.263. The Morgan fingerprint density at radius 2 is 1.83 bits per heavy atom. The number of carbonyl (C=O) groups is 1. The number of hydrogen-bond acceptors (Lipinski definition) is 2. The van der Waals surface area contributed by atoms with Gasteiger partial charge in [-0.3, -0.25) is 9.79 Å². The van der Waals surface area contributed by atoms with Crippen LogP contribution < -0.4 is 5.32 Å². The highest BCUT2D eigenvalue weighted by Gasteiger charge is 2.43. The lowest BCUT2D eigenvalue weighted by Gasteiger charge is -2.22. The van der Waals surface area contributed by atoms with Gasteiger partial charge in [-0.1, -0.05) is 40.9 Å². The molecule has 0 unspecified atom stereocenters. The van der Waals surface area contributed by atoms with E-state index < -0.39 is 5.54 Å². The predicted molar refractivity (Wildman–Crippen MR) is 96.0 cm³/mol. The number of nitrogens with zero attached hydrogens (tertiary/aromatic N) is 1. The van der Waals surface area contributed by atoms with Gasteiger partial charge < -0.3 is 5.32 Å². The Bertz CT molecular complexity index is 856. The van der Waals surface area contributed by atoms with Gasteiger partial charge in [0.2, 0.25) is 0 Å². The van der Waals surface area contributed by atoms with Crippen LogP contribution in [0.4, 0.5) is 10.1 Å². The first-order chi connectivity index (χ1) is 11.6. The van der Waals surface area contributed by atoms with Crippen LogP contribution in [0.3, 0.4) is 0 Å². The van der Waals surface area contributed by atoms with Gasteiger partial charge >= 0.3 is 0 Å². The van der Waals surface area contributed by atoms with Gasteiger partial charge in [0.25, 0.3) is 5.91 Å². The molecule has 2 aromatic rings. The molecule has 1 amide bonds. The maximum Gasteiger partial charge on any atom is 0.252 e. The number of benzene rings is 2. The number of amides is 1. The summed E-state index contributed by atoms with van der Waals surface area (Å²) in [5, 5.41) is 3.00. The van der Waals surface area contributed by atoms with E-state index in [0.29, 0.717) is 29.8 Å². The van der Waals surface area contributed by atoms with E-state index in [-0.39, 0.29) is 11.7 Å². The Hall–Kier alpha value is -2.01. The van der Waals surface area contributed by atoms with Gasteiger partial charge in [0.15, 0.2) is 0 Å². The Labute approximate surface area is 148 Å². The van der Waals surface area contributed by atoms with Crippen molar-refractivity contribution in [1.82, 2.24) is 0 Å². The van der Waals surface area contributed by atoms with E-state index in [0.717, 1.165) is 22.9 Å². The third-order valence-electron chi connectivity index (χ3n) is 4.79. The summed E-state index contributed by atoms with van der Waals surface area (Å²) in [5.41, 5.74) is 1.60. The Morgan fingerprint density at radius 3 is 2.58 bits per heavy atom. The molecular formula is C19H16BrFN2O. The molecule has 1 spiro atoms. The zero-order chi connectivity index (χ0) is 16.7. The molecule has 1 aliphatic carbocycles. The van der Waals surface area contributed by atoms with E-state index in [4.69, 9.17) is 4.99 Å². The van der Waals surface area contributed by atoms with Gasteiger partial charge in [0.1, 0.15) is 11.4 Å². The van der Waals surface area contributed by atoms with Gasteiger partial charge in [-0.15, -0.1) is 0 Å². The van der Waals surface area contributed by atoms with Gasteiger partial charge in [0, 0.05) is 15.6 Å². The Balaban J connectivity index is 2.00. The lowest BCUT2D eigenvalue weighted by atomic mass is 9.96. The summed E-state index contributed by atoms with van der Waals surface area (Å²) in [6.07, 6.45) is 3.32. The molecule has 4 rings (SSSR count). The number of fused-ring (bicyclic) bond motifs is 1. The van der Waals surface area contributed by atoms with Crippen molar-refractivity contribution in [3.8, 4) is 0 Å². The van der Waals surface area contributed by atoms with Crippen molar-refractivity contribution in [1.29, 1.82) is 0 Å². The van der Waals surface area contributed by atoms with Crippen LogP contribution in [0.2, 0.25) is 0 Å². The third kappa shape index (κ3) is 2.47. The van der Waals surface area contributed by atoms with Crippen LogP contribution in [0, 0.1) is 5.82 Å². The highest BCUT2D eigenvalue weighted by Crippen LogP contribution is 2.39. The van der Waals surface area contributed by atoms with Crippen LogP contribution in [0.1, 0.15) is 36.8 Å².